The minimum atomic E-state index is -0.600. The molecule has 0 unspecified atom stereocenters. The van der Waals surface area contributed by atoms with E-state index in [-0.39, 0.29) is 11.3 Å². The molecule has 1 aromatic carbocycles. The Bertz CT molecular complexity index is 786. The topological polar surface area (TPSA) is 104 Å². The maximum atomic E-state index is 12.5. The van der Waals surface area contributed by atoms with Crippen molar-refractivity contribution >= 4 is 23.3 Å². The van der Waals surface area contributed by atoms with Gasteiger partial charge in [-0.05, 0) is 19.2 Å². The molecule has 0 aliphatic carbocycles. The first-order valence-corrected chi connectivity index (χ1v) is 8.00. The van der Waals surface area contributed by atoms with Gasteiger partial charge in [0.25, 0.3) is 11.8 Å². The molecule has 0 bridgehead atoms. The van der Waals surface area contributed by atoms with Crippen molar-refractivity contribution in [1.82, 2.24) is 14.9 Å². The Hall–Kier alpha value is -3.00. The number of nitrogens with one attached hydrogen (secondary N) is 1. The van der Waals surface area contributed by atoms with E-state index in [4.69, 9.17) is 5.73 Å². The predicted molar refractivity (Wildman–Crippen MR) is 94.7 cm³/mol. The molecule has 25 heavy (non-hydrogen) atoms. The highest BCUT2D eigenvalue weighted by Crippen LogP contribution is 2.17. The second-order valence-electron chi connectivity index (χ2n) is 5.92. The van der Waals surface area contributed by atoms with Gasteiger partial charge in [0.1, 0.15) is 17.8 Å². The zero-order valence-corrected chi connectivity index (χ0v) is 14.0. The Morgan fingerprint density at radius 3 is 2.56 bits per heavy atom. The van der Waals surface area contributed by atoms with Crippen molar-refractivity contribution in [1.29, 1.82) is 0 Å². The van der Waals surface area contributed by atoms with Crippen molar-refractivity contribution < 1.29 is 9.59 Å². The SMILES string of the molecule is CN1CCN(c2cc(C(=O)Nc3ccccc3C(N)=O)ncn2)CC1. The van der Waals surface area contributed by atoms with Crippen molar-refractivity contribution in [2.45, 2.75) is 0 Å². The molecule has 1 fully saturated rings. The Balaban J connectivity index is 1.77. The molecule has 1 saturated heterocycles. The van der Waals surface area contributed by atoms with E-state index in [1.807, 2.05) is 0 Å². The van der Waals surface area contributed by atoms with Crippen LogP contribution in [-0.2, 0) is 0 Å². The number of carbonyl (C=O) groups excluding carboxylic acids is 2. The number of primary amides is 1. The quantitative estimate of drug-likeness (QED) is 0.844. The molecule has 0 spiro atoms. The van der Waals surface area contributed by atoms with Gasteiger partial charge in [0.2, 0.25) is 0 Å². The molecule has 0 saturated carbocycles. The molecule has 0 radical (unpaired) electrons. The molecule has 8 heteroatoms. The summed E-state index contributed by atoms with van der Waals surface area (Å²) in [5.41, 5.74) is 6.19. The van der Waals surface area contributed by atoms with Gasteiger partial charge in [0.05, 0.1) is 11.3 Å². The molecular formula is C17H20N6O2. The number of nitrogens with zero attached hydrogens (tertiary/aromatic N) is 4. The summed E-state index contributed by atoms with van der Waals surface area (Å²) < 4.78 is 0. The number of likely N-dealkylation sites (N-methyl/N-ethyl adjacent to an activating group) is 1. The molecule has 2 aromatic rings. The number of amides is 2. The van der Waals surface area contributed by atoms with Gasteiger partial charge < -0.3 is 20.9 Å². The first-order valence-electron chi connectivity index (χ1n) is 8.00. The maximum absolute atomic E-state index is 12.5. The minimum absolute atomic E-state index is 0.239. The van der Waals surface area contributed by atoms with Crippen LogP contribution in [-0.4, -0.2) is 59.9 Å². The van der Waals surface area contributed by atoms with Gasteiger partial charge in [-0.3, -0.25) is 9.59 Å². The summed E-state index contributed by atoms with van der Waals surface area (Å²) in [5.74, 6) is -0.292. The lowest BCUT2D eigenvalue weighted by molar-refractivity contribution is 0.100. The molecule has 3 rings (SSSR count). The standard InChI is InChI=1S/C17H20N6O2/c1-22-6-8-23(9-7-22)15-10-14(19-11-20-15)17(25)21-13-5-3-2-4-12(13)16(18)24/h2-5,10-11H,6-9H2,1H3,(H2,18,24)(H,21,25). The fourth-order valence-electron chi connectivity index (χ4n) is 2.67. The summed E-state index contributed by atoms with van der Waals surface area (Å²) in [6, 6.07) is 8.26. The van der Waals surface area contributed by atoms with E-state index in [9.17, 15) is 9.59 Å². The lowest BCUT2D eigenvalue weighted by Gasteiger charge is -2.33. The van der Waals surface area contributed by atoms with Crippen LogP contribution in [0.15, 0.2) is 36.7 Å². The molecule has 1 aliphatic rings. The fraction of sp³-hybridized carbons (Fsp3) is 0.294. The number of anilines is 2. The predicted octanol–water partition coefficient (Wildman–Crippen LogP) is 0.580. The van der Waals surface area contributed by atoms with Crippen LogP contribution in [0.25, 0.3) is 0 Å². The zero-order chi connectivity index (χ0) is 17.8. The smallest absolute Gasteiger partial charge is 0.274 e. The fourth-order valence-corrected chi connectivity index (χ4v) is 2.67. The van der Waals surface area contributed by atoms with Crippen molar-refractivity contribution in [2.24, 2.45) is 5.73 Å². The van der Waals surface area contributed by atoms with Crippen LogP contribution in [0, 0.1) is 0 Å². The van der Waals surface area contributed by atoms with Crippen molar-refractivity contribution in [3.05, 3.63) is 47.9 Å². The van der Waals surface area contributed by atoms with Gasteiger partial charge in [-0.1, -0.05) is 12.1 Å². The number of benzene rings is 1. The number of carbonyl (C=O) groups is 2. The van der Waals surface area contributed by atoms with E-state index in [0.29, 0.717) is 5.69 Å². The number of hydrogen-bond donors (Lipinski definition) is 2. The molecule has 130 valence electrons. The second kappa shape index (κ2) is 7.27. The number of hydrogen-bond acceptors (Lipinski definition) is 6. The molecule has 2 heterocycles. The van der Waals surface area contributed by atoms with E-state index < -0.39 is 11.8 Å². The van der Waals surface area contributed by atoms with Crippen LogP contribution in [0.4, 0.5) is 11.5 Å². The summed E-state index contributed by atoms with van der Waals surface area (Å²) in [5, 5.41) is 2.69. The van der Waals surface area contributed by atoms with Crippen LogP contribution in [0.2, 0.25) is 0 Å². The van der Waals surface area contributed by atoms with Gasteiger partial charge >= 0.3 is 0 Å². The van der Waals surface area contributed by atoms with Gasteiger partial charge in [-0.15, -0.1) is 0 Å². The van der Waals surface area contributed by atoms with E-state index in [1.54, 1.807) is 30.3 Å². The van der Waals surface area contributed by atoms with Gasteiger partial charge in [0, 0.05) is 32.2 Å². The molecule has 0 atom stereocenters. The summed E-state index contributed by atoms with van der Waals surface area (Å²) >= 11 is 0. The largest absolute Gasteiger partial charge is 0.366 e. The third kappa shape index (κ3) is 3.92. The lowest BCUT2D eigenvalue weighted by Crippen LogP contribution is -2.44. The molecule has 2 amide bonds. The van der Waals surface area contributed by atoms with Gasteiger partial charge in [-0.25, -0.2) is 9.97 Å². The van der Waals surface area contributed by atoms with Crippen molar-refractivity contribution in [3.8, 4) is 0 Å². The lowest BCUT2D eigenvalue weighted by atomic mass is 10.1. The first-order chi connectivity index (χ1) is 12.0. The Kier molecular flexibility index (Phi) is 4.90. The zero-order valence-electron chi connectivity index (χ0n) is 14.0. The minimum Gasteiger partial charge on any atom is -0.366 e. The summed E-state index contributed by atoms with van der Waals surface area (Å²) in [6.45, 7) is 3.58. The van der Waals surface area contributed by atoms with Crippen LogP contribution >= 0.6 is 0 Å². The first kappa shape index (κ1) is 16.8. The van der Waals surface area contributed by atoms with E-state index in [2.05, 4.69) is 32.1 Å². The number of nitrogens with two attached hydrogens (primary N) is 1. The molecule has 1 aromatic heterocycles. The van der Waals surface area contributed by atoms with Crippen LogP contribution < -0.4 is 16.0 Å². The van der Waals surface area contributed by atoms with Crippen molar-refractivity contribution in [2.75, 3.05) is 43.4 Å². The Morgan fingerprint density at radius 2 is 1.84 bits per heavy atom. The summed E-state index contributed by atoms with van der Waals surface area (Å²) in [7, 11) is 2.08. The third-order valence-electron chi connectivity index (χ3n) is 4.15. The van der Waals surface area contributed by atoms with E-state index in [1.165, 1.54) is 6.33 Å². The van der Waals surface area contributed by atoms with Crippen LogP contribution in [0.3, 0.4) is 0 Å². The van der Waals surface area contributed by atoms with E-state index in [0.717, 1.165) is 32.0 Å². The molecular weight excluding hydrogens is 320 g/mol. The van der Waals surface area contributed by atoms with Crippen LogP contribution in [0.1, 0.15) is 20.8 Å². The van der Waals surface area contributed by atoms with Crippen molar-refractivity contribution in [3.63, 3.8) is 0 Å². The van der Waals surface area contributed by atoms with Crippen LogP contribution in [0.5, 0.6) is 0 Å². The molecule has 1 aliphatic heterocycles. The summed E-state index contributed by atoms with van der Waals surface area (Å²) in [6.07, 6.45) is 1.38. The number of aromatic nitrogens is 2. The second-order valence-corrected chi connectivity index (χ2v) is 5.92. The molecule has 3 N–H and O–H groups in total. The maximum Gasteiger partial charge on any atom is 0.274 e. The third-order valence-corrected chi connectivity index (χ3v) is 4.15. The average Bonchev–Trinajstić information content (AvgIpc) is 2.62. The van der Waals surface area contributed by atoms with Gasteiger partial charge in [0.15, 0.2) is 0 Å². The highest BCUT2D eigenvalue weighted by atomic mass is 16.2. The monoisotopic (exact) mass is 340 g/mol. The normalized spacial score (nSPS) is 15.0. The number of rotatable bonds is 4. The summed E-state index contributed by atoms with van der Waals surface area (Å²) in [4.78, 5) is 36.6. The average molecular weight is 340 g/mol. The number of piperazine rings is 1. The van der Waals surface area contributed by atoms with E-state index >= 15 is 0 Å². The van der Waals surface area contributed by atoms with Gasteiger partial charge in [-0.2, -0.15) is 0 Å². The Labute approximate surface area is 145 Å². The molecule has 8 nitrogen and oxygen atoms in total. The number of para-hydroxylation sites is 1. The Morgan fingerprint density at radius 1 is 1.12 bits per heavy atom. The highest BCUT2D eigenvalue weighted by molar-refractivity contribution is 6.08. The highest BCUT2D eigenvalue weighted by Gasteiger charge is 2.18.